The van der Waals surface area contributed by atoms with Gasteiger partial charge < -0.3 is 15.1 Å². The van der Waals surface area contributed by atoms with Gasteiger partial charge in [0, 0.05) is 49.5 Å². The summed E-state index contributed by atoms with van der Waals surface area (Å²) in [4.78, 5) is 17.3. The van der Waals surface area contributed by atoms with Gasteiger partial charge in [-0.1, -0.05) is 13.3 Å². The summed E-state index contributed by atoms with van der Waals surface area (Å²) in [5, 5.41) is 3.64. The van der Waals surface area contributed by atoms with Crippen LogP contribution >= 0.6 is 0 Å². The van der Waals surface area contributed by atoms with Crippen LogP contribution in [0.15, 0.2) is 24.3 Å². The number of hydrogen-bond donors (Lipinski definition) is 1. The molecule has 0 aromatic heterocycles. The van der Waals surface area contributed by atoms with Crippen molar-refractivity contribution in [3.05, 3.63) is 29.8 Å². The number of amides is 1. The minimum atomic E-state index is 0.188. The molecule has 1 aromatic rings. The molecule has 0 saturated carbocycles. The average molecular weight is 329 g/mol. The number of carbonyl (C=O) groups excluding carboxylic acids is 1. The zero-order chi connectivity index (χ0) is 16.9. The molecule has 1 amide bonds. The van der Waals surface area contributed by atoms with E-state index in [1.165, 1.54) is 31.4 Å². The van der Waals surface area contributed by atoms with Gasteiger partial charge in [-0.2, -0.15) is 0 Å². The minimum Gasteiger partial charge on any atom is -0.372 e. The molecular weight excluding hydrogens is 298 g/mol. The second kappa shape index (κ2) is 8.02. The Bertz CT molecular complexity index is 542. The van der Waals surface area contributed by atoms with Crippen LogP contribution < -0.4 is 10.2 Å². The van der Waals surface area contributed by atoms with E-state index < -0.39 is 0 Å². The van der Waals surface area contributed by atoms with E-state index in [1.807, 2.05) is 17.0 Å². The van der Waals surface area contributed by atoms with Gasteiger partial charge in [0.05, 0.1) is 0 Å². The van der Waals surface area contributed by atoms with Crippen molar-refractivity contribution in [2.75, 3.05) is 31.1 Å². The summed E-state index contributed by atoms with van der Waals surface area (Å²) in [5.74, 6) is 0.188. The molecule has 2 atom stereocenters. The number of benzene rings is 1. The molecule has 4 nitrogen and oxygen atoms in total. The fourth-order valence-corrected chi connectivity index (χ4v) is 3.94. The summed E-state index contributed by atoms with van der Waals surface area (Å²) < 4.78 is 0. The standard InChI is InChI=1S/C20H31N3O/c1-3-5-13-22(4-2)19-10-6-16(7-11-19)20(24)23-14-12-17-8-9-18(15-23)21-17/h6-7,10-11,17-18,21H,3-5,8-9,12-15H2,1-2H3. The van der Waals surface area contributed by atoms with Crippen molar-refractivity contribution in [1.82, 2.24) is 10.2 Å². The lowest BCUT2D eigenvalue weighted by molar-refractivity contribution is 0.0748. The first-order valence-electron chi connectivity index (χ1n) is 9.61. The highest BCUT2D eigenvalue weighted by molar-refractivity contribution is 5.94. The van der Waals surface area contributed by atoms with Gasteiger partial charge in [0.1, 0.15) is 0 Å². The van der Waals surface area contributed by atoms with E-state index in [0.29, 0.717) is 12.1 Å². The fourth-order valence-electron chi connectivity index (χ4n) is 3.94. The van der Waals surface area contributed by atoms with Gasteiger partial charge in [0.15, 0.2) is 0 Å². The van der Waals surface area contributed by atoms with E-state index in [1.54, 1.807) is 0 Å². The SMILES string of the molecule is CCCCN(CC)c1ccc(C(=O)N2CCC3CCC(C2)N3)cc1. The van der Waals surface area contributed by atoms with Crippen LogP contribution in [0, 0.1) is 0 Å². The lowest BCUT2D eigenvalue weighted by Gasteiger charge is -2.25. The van der Waals surface area contributed by atoms with Gasteiger partial charge in [0.25, 0.3) is 5.91 Å². The van der Waals surface area contributed by atoms with Crippen LogP contribution in [0.5, 0.6) is 0 Å². The maximum absolute atomic E-state index is 12.8. The van der Waals surface area contributed by atoms with E-state index >= 15 is 0 Å². The predicted molar refractivity (Wildman–Crippen MR) is 99.7 cm³/mol. The molecule has 0 spiro atoms. The topological polar surface area (TPSA) is 35.6 Å². The number of fused-ring (bicyclic) bond motifs is 2. The van der Waals surface area contributed by atoms with Crippen molar-refractivity contribution < 1.29 is 4.79 Å². The first kappa shape index (κ1) is 17.3. The Morgan fingerprint density at radius 2 is 1.92 bits per heavy atom. The maximum Gasteiger partial charge on any atom is 0.253 e. The van der Waals surface area contributed by atoms with Gasteiger partial charge >= 0.3 is 0 Å². The summed E-state index contributed by atoms with van der Waals surface area (Å²) >= 11 is 0. The zero-order valence-electron chi connectivity index (χ0n) is 15.1. The number of nitrogens with one attached hydrogen (secondary N) is 1. The third-order valence-corrected chi connectivity index (χ3v) is 5.45. The molecule has 3 rings (SSSR count). The van der Waals surface area contributed by atoms with Gasteiger partial charge in [-0.15, -0.1) is 0 Å². The highest BCUT2D eigenvalue weighted by Crippen LogP contribution is 2.22. The molecule has 24 heavy (non-hydrogen) atoms. The van der Waals surface area contributed by atoms with Crippen molar-refractivity contribution in [2.24, 2.45) is 0 Å². The zero-order valence-corrected chi connectivity index (χ0v) is 15.1. The molecule has 0 radical (unpaired) electrons. The number of hydrogen-bond acceptors (Lipinski definition) is 3. The van der Waals surface area contributed by atoms with Crippen LogP contribution in [0.3, 0.4) is 0 Å². The van der Waals surface area contributed by atoms with Crippen molar-refractivity contribution >= 4 is 11.6 Å². The Morgan fingerprint density at radius 3 is 2.62 bits per heavy atom. The molecule has 2 aliphatic heterocycles. The normalized spacial score (nSPS) is 23.2. The molecule has 2 aliphatic rings. The molecule has 1 N–H and O–H groups in total. The number of anilines is 1. The molecular formula is C20H31N3O. The Kier molecular flexibility index (Phi) is 5.77. The number of carbonyl (C=O) groups is 1. The largest absolute Gasteiger partial charge is 0.372 e. The molecule has 2 bridgehead atoms. The molecule has 132 valence electrons. The van der Waals surface area contributed by atoms with Crippen molar-refractivity contribution in [3.8, 4) is 0 Å². The molecule has 1 aromatic carbocycles. The summed E-state index contributed by atoms with van der Waals surface area (Å²) in [6.07, 6.45) is 5.97. The fraction of sp³-hybridized carbons (Fsp3) is 0.650. The quantitative estimate of drug-likeness (QED) is 0.870. The van der Waals surface area contributed by atoms with Gasteiger partial charge in [-0.05, 0) is 56.9 Å². The first-order chi connectivity index (χ1) is 11.7. The Labute approximate surface area is 146 Å². The Balaban J connectivity index is 1.65. The molecule has 4 heteroatoms. The molecule has 2 unspecified atom stereocenters. The van der Waals surface area contributed by atoms with E-state index in [9.17, 15) is 4.79 Å². The highest BCUT2D eigenvalue weighted by Gasteiger charge is 2.31. The maximum atomic E-state index is 12.8. The lowest BCUT2D eigenvalue weighted by Crippen LogP contribution is -2.39. The highest BCUT2D eigenvalue weighted by atomic mass is 16.2. The summed E-state index contributed by atoms with van der Waals surface area (Å²) in [6.45, 7) is 8.24. The van der Waals surface area contributed by atoms with Crippen LogP contribution in [-0.4, -0.2) is 49.1 Å². The lowest BCUT2D eigenvalue weighted by atomic mass is 10.1. The number of nitrogens with zero attached hydrogens (tertiary/aromatic N) is 2. The predicted octanol–water partition coefficient (Wildman–Crippen LogP) is 3.28. The van der Waals surface area contributed by atoms with Gasteiger partial charge in [-0.25, -0.2) is 0 Å². The van der Waals surface area contributed by atoms with Crippen LogP contribution in [0.25, 0.3) is 0 Å². The number of rotatable bonds is 6. The van der Waals surface area contributed by atoms with E-state index in [4.69, 9.17) is 0 Å². The number of unbranched alkanes of at least 4 members (excludes halogenated alkanes) is 1. The third-order valence-electron chi connectivity index (χ3n) is 5.45. The smallest absolute Gasteiger partial charge is 0.253 e. The average Bonchev–Trinajstić information content (AvgIpc) is 2.94. The van der Waals surface area contributed by atoms with E-state index in [-0.39, 0.29) is 5.91 Å². The number of likely N-dealkylation sites (tertiary alicyclic amines) is 1. The van der Waals surface area contributed by atoms with Gasteiger partial charge in [-0.3, -0.25) is 4.79 Å². The van der Waals surface area contributed by atoms with Crippen LogP contribution in [0.4, 0.5) is 5.69 Å². The van der Waals surface area contributed by atoms with Crippen molar-refractivity contribution in [3.63, 3.8) is 0 Å². The van der Waals surface area contributed by atoms with Crippen molar-refractivity contribution in [1.29, 1.82) is 0 Å². The Hall–Kier alpha value is -1.55. The van der Waals surface area contributed by atoms with E-state index in [2.05, 4.69) is 36.2 Å². The minimum absolute atomic E-state index is 0.188. The molecule has 0 aliphatic carbocycles. The molecule has 2 heterocycles. The van der Waals surface area contributed by atoms with Gasteiger partial charge in [0.2, 0.25) is 0 Å². The second-order valence-corrected chi connectivity index (χ2v) is 7.16. The summed E-state index contributed by atoms with van der Waals surface area (Å²) in [6, 6.07) is 9.33. The first-order valence-corrected chi connectivity index (χ1v) is 9.61. The summed E-state index contributed by atoms with van der Waals surface area (Å²) in [7, 11) is 0. The van der Waals surface area contributed by atoms with Crippen molar-refractivity contribution in [2.45, 2.75) is 58.0 Å². The van der Waals surface area contributed by atoms with Crippen LogP contribution in [0.2, 0.25) is 0 Å². The molecule has 2 fully saturated rings. The monoisotopic (exact) mass is 329 g/mol. The summed E-state index contributed by atoms with van der Waals surface area (Å²) in [5.41, 5.74) is 2.04. The van der Waals surface area contributed by atoms with Crippen LogP contribution in [-0.2, 0) is 0 Å². The third kappa shape index (κ3) is 3.92. The van der Waals surface area contributed by atoms with Crippen LogP contribution in [0.1, 0.15) is 56.3 Å². The second-order valence-electron chi connectivity index (χ2n) is 7.16. The van der Waals surface area contributed by atoms with E-state index in [0.717, 1.165) is 38.2 Å². The molecule has 2 saturated heterocycles. The Morgan fingerprint density at radius 1 is 1.17 bits per heavy atom.